The van der Waals surface area contributed by atoms with E-state index in [4.69, 9.17) is 0 Å². The molecule has 3 aromatic rings. The van der Waals surface area contributed by atoms with E-state index in [2.05, 4.69) is 15.3 Å². The Hall–Kier alpha value is -3.49. The van der Waals surface area contributed by atoms with Crippen LogP contribution in [-0.2, 0) is 23.1 Å². The minimum absolute atomic E-state index is 0.0551. The van der Waals surface area contributed by atoms with Crippen molar-refractivity contribution in [2.24, 2.45) is 0 Å². The van der Waals surface area contributed by atoms with E-state index in [1.165, 1.54) is 19.1 Å². The molecular weight excluding hydrogens is 397 g/mol. The first-order valence-corrected chi connectivity index (χ1v) is 9.14. The summed E-state index contributed by atoms with van der Waals surface area (Å²) >= 11 is 0. The molecule has 2 aromatic carbocycles. The van der Waals surface area contributed by atoms with Crippen LogP contribution < -0.4 is 5.32 Å². The van der Waals surface area contributed by atoms with Gasteiger partial charge >= 0.3 is 12.2 Å². The lowest BCUT2D eigenvalue weighted by molar-refractivity contribution is -0.138. The van der Waals surface area contributed by atoms with Gasteiger partial charge in [-0.1, -0.05) is 24.3 Å². The number of amides is 3. The van der Waals surface area contributed by atoms with Crippen molar-refractivity contribution in [1.82, 2.24) is 20.2 Å². The Labute approximate surface area is 169 Å². The molecule has 9 heteroatoms. The Morgan fingerprint density at radius 2 is 1.70 bits per heavy atom. The zero-order valence-corrected chi connectivity index (χ0v) is 16.1. The molecular formula is C21H17F3N4O2. The molecule has 2 heterocycles. The maximum absolute atomic E-state index is 13.1. The molecule has 1 saturated heterocycles. The number of fused-ring (bicyclic) bond motifs is 1. The second-order valence-electron chi connectivity index (χ2n) is 7.27. The van der Waals surface area contributed by atoms with Gasteiger partial charge < -0.3 is 5.32 Å². The van der Waals surface area contributed by atoms with Crippen LogP contribution in [-0.4, -0.2) is 26.8 Å². The van der Waals surface area contributed by atoms with E-state index in [1.807, 2.05) is 6.07 Å². The largest absolute Gasteiger partial charge is 0.416 e. The smallest absolute Gasteiger partial charge is 0.319 e. The Balaban J connectivity index is 1.67. The number of nitrogens with one attached hydrogen (secondary N) is 1. The van der Waals surface area contributed by atoms with E-state index in [0.29, 0.717) is 22.4 Å². The standard InChI is InChI=1S/C21H17F3N4O2/c1-12-17(26-16-9-4-3-8-15(16)25-12)11-28-18(29)20(2,27-19(28)30)13-6-5-7-14(10-13)21(22,23)24/h3-10H,11H2,1-2H3,(H,27,30). The summed E-state index contributed by atoms with van der Waals surface area (Å²) in [5.74, 6) is -0.652. The number of urea groups is 1. The van der Waals surface area contributed by atoms with Crippen molar-refractivity contribution >= 4 is 23.0 Å². The number of carbonyl (C=O) groups is 2. The highest BCUT2D eigenvalue weighted by atomic mass is 19.4. The van der Waals surface area contributed by atoms with Crippen LogP contribution in [0.3, 0.4) is 0 Å². The molecule has 1 aromatic heterocycles. The zero-order valence-electron chi connectivity index (χ0n) is 16.1. The monoisotopic (exact) mass is 414 g/mol. The molecule has 1 N–H and O–H groups in total. The summed E-state index contributed by atoms with van der Waals surface area (Å²) in [6.07, 6.45) is -4.56. The molecule has 6 nitrogen and oxygen atoms in total. The second kappa shape index (κ2) is 6.79. The van der Waals surface area contributed by atoms with Gasteiger partial charge in [-0.25, -0.2) is 14.8 Å². The number of hydrogen-bond acceptors (Lipinski definition) is 4. The number of nitrogens with zero attached hydrogens (tertiary/aromatic N) is 3. The summed E-state index contributed by atoms with van der Waals surface area (Å²) in [5.41, 5.74) is -0.156. The van der Waals surface area contributed by atoms with Crippen molar-refractivity contribution in [3.05, 3.63) is 71.0 Å². The highest BCUT2D eigenvalue weighted by Crippen LogP contribution is 2.35. The van der Waals surface area contributed by atoms with Crippen LogP contribution in [0.1, 0.15) is 29.4 Å². The fourth-order valence-electron chi connectivity index (χ4n) is 3.47. The van der Waals surface area contributed by atoms with Crippen molar-refractivity contribution < 1.29 is 22.8 Å². The second-order valence-corrected chi connectivity index (χ2v) is 7.27. The first-order valence-electron chi connectivity index (χ1n) is 9.14. The van der Waals surface area contributed by atoms with Gasteiger partial charge in [0.05, 0.1) is 34.5 Å². The maximum Gasteiger partial charge on any atom is 0.416 e. The Bertz CT molecular complexity index is 1180. The van der Waals surface area contributed by atoms with Gasteiger partial charge in [0.2, 0.25) is 0 Å². The number of benzene rings is 2. The van der Waals surface area contributed by atoms with Crippen molar-refractivity contribution in [2.45, 2.75) is 32.1 Å². The highest BCUT2D eigenvalue weighted by Gasteiger charge is 2.49. The van der Waals surface area contributed by atoms with Gasteiger partial charge in [-0.05, 0) is 43.7 Å². The zero-order chi connectivity index (χ0) is 21.7. The van der Waals surface area contributed by atoms with Gasteiger partial charge in [-0.2, -0.15) is 13.2 Å². The van der Waals surface area contributed by atoms with Gasteiger partial charge in [0.1, 0.15) is 5.54 Å². The number of aryl methyl sites for hydroxylation is 1. The number of para-hydroxylation sites is 2. The van der Waals surface area contributed by atoms with Crippen LogP contribution in [0.15, 0.2) is 48.5 Å². The van der Waals surface area contributed by atoms with Crippen LogP contribution in [0.25, 0.3) is 11.0 Å². The molecule has 3 amide bonds. The van der Waals surface area contributed by atoms with E-state index in [1.54, 1.807) is 25.1 Å². The minimum Gasteiger partial charge on any atom is -0.319 e. The molecule has 1 atom stereocenters. The average molecular weight is 414 g/mol. The van der Waals surface area contributed by atoms with E-state index < -0.39 is 29.2 Å². The summed E-state index contributed by atoms with van der Waals surface area (Å²) in [5, 5.41) is 2.52. The average Bonchev–Trinajstić information content (AvgIpc) is 2.92. The summed E-state index contributed by atoms with van der Waals surface area (Å²) in [7, 11) is 0. The van der Waals surface area contributed by atoms with Crippen molar-refractivity contribution in [3.63, 3.8) is 0 Å². The van der Waals surface area contributed by atoms with E-state index in [9.17, 15) is 22.8 Å². The normalized spacial score (nSPS) is 19.4. The number of imide groups is 1. The van der Waals surface area contributed by atoms with Gasteiger partial charge in [-0.3, -0.25) is 9.69 Å². The van der Waals surface area contributed by atoms with Crippen LogP contribution in [0.5, 0.6) is 0 Å². The Morgan fingerprint density at radius 3 is 2.37 bits per heavy atom. The summed E-state index contributed by atoms with van der Waals surface area (Å²) in [6, 6.07) is 10.9. The van der Waals surface area contributed by atoms with Crippen molar-refractivity contribution in [3.8, 4) is 0 Å². The number of rotatable bonds is 3. The van der Waals surface area contributed by atoms with E-state index >= 15 is 0 Å². The third-order valence-electron chi connectivity index (χ3n) is 5.19. The van der Waals surface area contributed by atoms with Crippen LogP contribution in [0.4, 0.5) is 18.0 Å². The Kier molecular flexibility index (Phi) is 4.48. The SMILES string of the molecule is Cc1nc2ccccc2nc1CN1C(=O)NC(C)(c2cccc(C(F)(F)F)c2)C1=O. The lowest BCUT2D eigenvalue weighted by Crippen LogP contribution is -2.41. The van der Waals surface area contributed by atoms with Crippen molar-refractivity contribution in [1.29, 1.82) is 0 Å². The van der Waals surface area contributed by atoms with Crippen LogP contribution in [0, 0.1) is 6.92 Å². The lowest BCUT2D eigenvalue weighted by Gasteiger charge is -2.23. The third-order valence-corrected chi connectivity index (χ3v) is 5.19. The van der Waals surface area contributed by atoms with Gasteiger partial charge in [0.25, 0.3) is 5.91 Å². The predicted octanol–water partition coefficient (Wildman–Crippen LogP) is 3.92. The van der Waals surface area contributed by atoms with Crippen LogP contribution >= 0.6 is 0 Å². The third kappa shape index (κ3) is 3.26. The molecule has 154 valence electrons. The molecule has 0 saturated carbocycles. The van der Waals surface area contributed by atoms with Gasteiger partial charge in [0, 0.05) is 0 Å². The summed E-state index contributed by atoms with van der Waals surface area (Å²) in [4.78, 5) is 35.5. The number of alkyl halides is 3. The molecule has 1 fully saturated rings. The number of aromatic nitrogens is 2. The number of halogens is 3. The highest BCUT2D eigenvalue weighted by molar-refractivity contribution is 6.07. The molecule has 30 heavy (non-hydrogen) atoms. The molecule has 1 aliphatic heterocycles. The molecule has 0 spiro atoms. The lowest BCUT2D eigenvalue weighted by atomic mass is 9.90. The first-order chi connectivity index (χ1) is 14.1. The number of carbonyl (C=O) groups excluding carboxylic acids is 2. The quantitative estimate of drug-likeness (QED) is 0.659. The van der Waals surface area contributed by atoms with Gasteiger partial charge in [-0.15, -0.1) is 0 Å². The van der Waals surface area contributed by atoms with Crippen molar-refractivity contribution in [2.75, 3.05) is 0 Å². The molecule has 0 bridgehead atoms. The molecule has 1 unspecified atom stereocenters. The minimum atomic E-state index is -4.56. The molecule has 0 radical (unpaired) electrons. The topological polar surface area (TPSA) is 75.2 Å². The summed E-state index contributed by atoms with van der Waals surface area (Å²) in [6.45, 7) is 2.98. The summed E-state index contributed by atoms with van der Waals surface area (Å²) < 4.78 is 39.3. The fourth-order valence-corrected chi connectivity index (χ4v) is 3.47. The van der Waals surface area contributed by atoms with E-state index in [0.717, 1.165) is 17.0 Å². The molecule has 1 aliphatic rings. The molecule has 4 rings (SSSR count). The molecule has 0 aliphatic carbocycles. The first kappa shape index (κ1) is 19.8. The van der Waals surface area contributed by atoms with Gasteiger partial charge in [0.15, 0.2) is 0 Å². The fraction of sp³-hybridized carbons (Fsp3) is 0.238. The Morgan fingerprint density at radius 1 is 1.03 bits per heavy atom. The van der Waals surface area contributed by atoms with Crippen LogP contribution in [0.2, 0.25) is 0 Å². The number of hydrogen-bond donors (Lipinski definition) is 1. The van der Waals surface area contributed by atoms with E-state index in [-0.39, 0.29) is 12.1 Å². The maximum atomic E-state index is 13.1. The predicted molar refractivity (Wildman–Crippen MR) is 102 cm³/mol.